The van der Waals surface area contributed by atoms with E-state index >= 15 is 0 Å². The van der Waals surface area contributed by atoms with E-state index in [0.29, 0.717) is 12.2 Å². The van der Waals surface area contributed by atoms with Gasteiger partial charge in [-0.05, 0) is 38.8 Å². The largest absolute Gasteiger partial charge is 0.383 e. The molecule has 0 aliphatic heterocycles. The maximum absolute atomic E-state index is 13.5. The minimum Gasteiger partial charge on any atom is -0.383 e. The summed E-state index contributed by atoms with van der Waals surface area (Å²) in [6, 6.07) is 7.10. The number of nitrogens with zero attached hydrogens (tertiary/aromatic N) is 1. The van der Waals surface area contributed by atoms with E-state index in [4.69, 9.17) is 16.9 Å². The van der Waals surface area contributed by atoms with Gasteiger partial charge in [0.1, 0.15) is 0 Å². The van der Waals surface area contributed by atoms with Crippen LogP contribution in [0.5, 0.6) is 0 Å². The van der Waals surface area contributed by atoms with Crippen molar-refractivity contribution in [1.29, 1.82) is 5.26 Å². The Morgan fingerprint density at radius 1 is 1.47 bits per heavy atom. The molecule has 0 unspecified atom stereocenters. The molecule has 0 heterocycles. The van der Waals surface area contributed by atoms with Crippen LogP contribution < -0.4 is 5.32 Å². The molecule has 0 aliphatic carbocycles. The molecule has 0 saturated heterocycles. The van der Waals surface area contributed by atoms with E-state index in [1.165, 1.54) is 6.07 Å². The van der Waals surface area contributed by atoms with Crippen LogP contribution in [0.4, 0.5) is 10.1 Å². The summed E-state index contributed by atoms with van der Waals surface area (Å²) in [6.45, 7) is 4.42. The lowest BCUT2D eigenvalue weighted by Crippen LogP contribution is -2.11. The first-order valence-electron chi connectivity index (χ1n) is 5.55. The van der Waals surface area contributed by atoms with Crippen molar-refractivity contribution in [2.24, 2.45) is 5.41 Å². The van der Waals surface area contributed by atoms with Gasteiger partial charge >= 0.3 is 0 Å². The first-order chi connectivity index (χ1) is 7.96. The van der Waals surface area contributed by atoms with Gasteiger partial charge in [0.15, 0.2) is 5.82 Å². The molecule has 0 aromatic heterocycles. The number of anilines is 1. The quantitative estimate of drug-likeness (QED) is 0.799. The van der Waals surface area contributed by atoms with E-state index in [9.17, 15) is 4.39 Å². The van der Waals surface area contributed by atoms with Gasteiger partial charge in [0.05, 0.1) is 22.2 Å². The predicted octanol–water partition coefficient (Wildman–Crippen LogP) is 4.22. The Morgan fingerprint density at radius 3 is 2.82 bits per heavy atom. The third-order valence-corrected chi connectivity index (χ3v) is 2.84. The molecule has 0 atom stereocenters. The molecule has 0 spiro atoms. The van der Waals surface area contributed by atoms with Crippen LogP contribution in [-0.4, -0.2) is 6.54 Å². The van der Waals surface area contributed by atoms with Gasteiger partial charge in [0, 0.05) is 6.54 Å². The Bertz CT molecular complexity index is 424. The van der Waals surface area contributed by atoms with Gasteiger partial charge in [-0.1, -0.05) is 17.7 Å². The second-order valence-corrected chi connectivity index (χ2v) is 5.03. The molecular formula is C13H16ClFN2. The van der Waals surface area contributed by atoms with Crippen molar-refractivity contribution in [3.8, 4) is 6.07 Å². The summed E-state index contributed by atoms with van der Waals surface area (Å²) in [5.74, 6) is -0.422. The van der Waals surface area contributed by atoms with Crippen LogP contribution in [0.15, 0.2) is 18.2 Å². The zero-order chi connectivity index (χ0) is 12.9. The Balaban J connectivity index is 2.42. The van der Waals surface area contributed by atoms with Crippen molar-refractivity contribution in [3.05, 3.63) is 29.0 Å². The molecule has 17 heavy (non-hydrogen) atoms. The molecule has 0 amide bonds. The van der Waals surface area contributed by atoms with Crippen molar-refractivity contribution < 1.29 is 4.39 Å². The van der Waals surface area contributed by atoms with Crippen LogP contribution in [0.2, 0.25) is 5.02 Å². The lowest BCUT2D eigenvalue weighted by atomic mass is 9.90. The van der Waals surface area contributed by atoms with Crippen molar-refractivity contribution in [1.82, 2.24) is 0 Å². The highest BCUT2D eigenvalue weighted by Crippen LogP contribution is 2.23. The molecule has 0 saturated carbocycles. The molecule has 0 aliphatic rings. The molecule has 1 rings (SSSR count). The van der Waals surface area contributed by atoms with Gasteiger partial charge in [-0.15, -0.1) is 0 Å². The molecule has 0 radical (unpaired) electrons. The molecule has 1 aromatic rings. The van der Waals surface area contributed by atoms with E-state index in [2.05, 4.69) is 11.4 Å². The van der Waals surface area contributed by atoms with Crippen LogP contribution in [0, 0.1) is 22.6 Å². The highest BCUT2D eigenvalue weighted by molar-refractivity contribution is 6.31. The Kier molecular flexibility index (Phi) is 4.77. The standard InChI is InChI=1S/C13H16ClFN2/c1-13(2,9-16)7-4-8-17-11-6-3-5-10(14)12(11)15/h3,5-6,17H,4,7-8H2,1-2H3. The molecule has 1 N–H and O–H groups in total. The van der Waals surface area contributed by atoms with E-state index < -0.39 is 5.82 Å². The average molecular weight is 255 g/mol. The number of nitrogens with one attached hydrogen (secondary N) is 1. The number of rotatable bonds is 5. The van der Waals surface area contributed by atoms with E-state index in [-0.39, 0.29) is 10.4 Å². The maximum Gasteiger partial charge on any atom is 0.164 e. The van der Waals surface area contributed by atoms with Crippen LogP contribution in [-0.2, 0) is 0 Å². The topological polar surface area (TPSA) is 35.8 Å². The first kappa shape index (κ1) is 13.8. The Labute approximate surface area is 106 Å². The molecular weight excluding hydrogens is 239 g/mol. The lowest BCUT2D eigenvalue weighted by Gasteiger charge is -2.15. The zero-order valence-corrected chi connectivity index (χ0v) is 10.8. The SMILES string of the molecule is CC(C)(C#N)CCCNc1cccc(Cl)c1F. The molecule has 0 bridgehead atoms. The molecule has 0 fully saturated rings. The third-order valence-electron chi connectivity index (χ3n) is 2.55. The smallest absolute Gasteiger partial charge is 0.164 e. The van der Waals surface area contributed by atoms with Crippen molar-refractivity contribution in [2.75, 3.05) is 11.9 Å². The minimum atomic E-state index is -0.422. The first-order valence-corrected chi connectivity index (χ1v) is 5.93. The zero-order valence-electron chi connectivity index (χ0n) is 10.1. The van der Waals surface area contributed by atoms with Gasteiger partial charge in [0.2, 0.25) is 0 Å². The predicted molar refractivity (Wildman–Crippen MR) is 68.5 cm³/mol. The van der Waals surface area contributed by atoms with Gasteiger partial charge in [-0.25, -0.2) is 4.39 Å². The Hall–Kier alpha value is -1.27. The monoisotopic (exact) mass is 254 g/mol. The van der Waals surface area contributed by atoms with Crippen molar-refractivity contribution >= 4 is 17.3 Å². The number of hydrogen-bond donors (Lipinski definition) is 1. The van der Waals surface area contributed by atoms with Crippen LogP contribution >= 0.6 is 11.6 Å². The second kappa shape index (κ2) is 5.88. The minimum absolute atomic E-state index is 0.118. The molecule has 4 heteroatoms. The Morgan fingerprint density at radius 2 is 2.18 bits per heavy atom. The summed E-state index contributed by atoms with van der Waals surface area (Å²) in [7, 11) is 0. The van der Waals surface area contributed by atoms with Gasteiger partial charge in [-0.3, -0.25) is 0 Å². The van der Waals surface area contributed by atoms with Crippen LogP contribution in [0.1, 0.15) is 26.7 Å². The van der Waals surface area contributed by atoms with Crippen molar-refractivity contribution in [2.45, 2.75) is 26.7 Å². The van der Waals surface area contributed by atoms with E-state index in [1.54, 1.807) is 12.1 Å². The highest BCUT2D eigenvalue weighted by atomic mass is 35.5. The summed E-state index contributed by atoms with van der Waals surface area (Å²) in [6.07, 6.45) is 1.59. The van der Waals surface area contributed by atoms with Crippen LogP contribution in [0.25, 0.3) is 0 Å². The average Bonchev–Trinajstić information content (AvgIpc) is 2.30. The van der Waals surface area contributed by atoms with Crippen molar-refractivity contribution in [3.63, 3.8) is 0 Å². The fourth-order valence-electron chi connectivity index (χ4n) is 1.45. The second-order valence-electron chi connectivity index (χ2n) is 4.63. The number of benzene rings is 1. The summed E-state index contributed by atoms with van der Waals surface area (Å²) >= 11 is 5.66. The summed E-state index contributed by atoms with van der Waals surface area (Å²) < 4.78 is 13.5. The van der Waals surface area contributed by atoms with E-state index in [1.807, 2.05) is 13.8 Å². The summed E-state index contributed by atoms with van der Waals surface area (Å²) in [5.41, 5.74) is 0.0847. The lowest BCUT2D eigenvalue weighted by molar-refractivity contribution is 0.441. The number of nitriles is 1. The van der Waals surface area contributed by atoms with Gasteiger partial charge in [0.25, 0.3) is 0 Å². The fraction of sp³-hybridized carbons (Fsp3) is 0.462. The number of hydrogen-bond acceptors (Lipinski definition) is 2. The normalized spacial score (nSPS) is 11.0. The fourth-order valence-corrected chi connectivity index (χ4v) is 1.62. The third kappa shape index (κ3) is 4.24. The summed E-state index contributed by atoms with van der Waals surface area (Å²) in [5, 5.41) is 11.9. The van der Waals surface area contributed by atoms with Crippen LogP contribution in [0.3, 0.4) is 0 Å². The molecule has 2 nitrogen and oxygen atoms in total. The molecule has 1 aromatic carbocycles. The molecule has 92 valence electrons. The maximum atomic E-state index is 13.5. The van der Waals surface area contributed by atoms with Gasteiger partial charge in [-0.2, -0.15) is 5.26 Å². The van der Waals surface area contributed by atoms with E-state index in [0.717, 1.165) is 12.8 Å². The van der Waals surface area contributed by atoms with Gasteiger partial charge < -0.3 is 5.32 Å². The number of halogens is 2. The summed E-state index contributed by atoms with van der Waals surface area (Å²) in [4.78, 5) is 0. The highest BCUT2D eigenvalue weighted by Gasteiger charge is 2.15.